The Bertz CT molecular complexity index is 1090. The van der Waals surface area contributed by atoms with Crippen LogP contribution in [0.5, 0.6) is 0 Å². The summed E-state index contributed by atoms with van der Waals surface area (Å²) < 4.78 is 12.2. The lowest BCUT2D eigenvalue weighted by Crippen LogP contribution is -2.59. The highest BCUT2D eigenvalue weighted by molar-refractivity contribution is 6.34. The van der Waals surface area contributed by atoms with Crippen molar-refractivity contribution in [3.63, 3.8) is 0 Å². The van der Waals surface area contributed by atoms with Gasteiger partial charge in [-0.05, 0) is 37.8 Å². The fourth-order valence-corrected chi connectivity index (χ4v) is 6.82. The molecule has 1 N–H and O–H groups in total. The third kappa shape index (κ3) is 4.10. The maximum absolute atomic E-state index is 14.5. The minimum absolute atomic E-state index is 0.0168. The molecule has 1 aromatic rings. The Hall–Kier alpha value is -2.68. The summed E-state index contributed by atoms with van der Waals surface area (Å²) in [5.74, 6) is -3.04. The molecule has 4 rings (SSSR count). The first-order chi connectivity index (χ1) is 17.8. The van der Waals surface area contributed by atoms with E-state index in [0.717, 1.165) is 0 Å². The van der Waals surface area contributed by atoms with Crippen LogP contribution in [0.2, 0.25) is 5.02 Å². The molecule has 3 fully saturated rings. The fourth-order valence-electron chi connectivity index (χ4n) is 6.59. The van der Waals surface area contributed by atoms with E-state index in [4.69, 9.17) is 21.1 Å². The minimum atomic E-state index is -1.23. The summed E-state index contributed by atoms with van der Waals surface area (Å²) in [6, 6.07) is 5.30. The van der Waals surface area contributed by atoms with Crippen molar-refractivity contribution in [2.45, 2.75) is 62.8 Å². The number of hydrogen-bond donors (Lipinski definition) is 1. The summed E-state index contributed by atoms with van der Waals surface area (Å²) in [7, 11) is 0. The molecule has 200 valence electrons. The number of halogens is 1. The number of carbonyl (C=O) groups excluding carboxylic acids is 3. The van der Waals surface area contributed by atoms with E-state index in [-0.39, 0.29) is 31.6 Å². The average Bonchev–Trinajstić information content (AvgIpc) is 3.51. The van der Waals surface area contributed by atoms with Crippen molar-refractivity contribution in [1.82, 2.24) is 4.90 Å². The van der Waals surface area contributed by atoms with Crippen LogP contribution in [0.3, 0.4) is 0 Å². The molecule has 3 aliphatic heterocycles. The molecule has 2 unspecified atom stereocenters. The van der Waals surface area contributed by atoms with Crippen LogP contribution in [0, 0.1) is 11.8 Å². The van der Waals surface area contributed by atoms with Gasteiger partial charge >= 0.3 is 5.97 Å². The van der Waals surface area contributed by atoms with E-state index in [1.807, 2.05) is 13.8 Å². The lowest BCUT2D eigenvalue weighted by molar-refractivity contribution is -0.161. The van der Waals surface area contributed by atoms with Crippen molar-refractivity contribution in [3.05, 3.63) is 54.6 Å². The van der Waals surface area contributed by atoms with Crippen LogP contribution < -0.4 is 4.90 Å². The van der Waals surface area contributed by atoms with Crippen molar-refractivity contribution >= 4 is 35.1 Å². The van der Waals surface area contributed by atoms with Gasteiger partial charge in [0.2, 0.25) is 5.91 Å². The SMILES string of the molecule is C=CCOC(=O)[C@H]1[C@H]2C(=O)N([C@@H](CC)CO)C(C(=O)N(CC=C)c3ccccc3Cl)C23CC[C@]1(CC)O3. The number of anilines is 1. The second kappa shape index (κ2) is 10.6. The van der Waals surface area contributed by atoms with Gasteiger partial charge in [0, 0.05) is 6.54 Å². The van der Waals surface area contributed by atoms with Crippen LogP contribution in [0.4, 0.5) is 5.69 Å². The zero-order chi connectivity index (χ0) is 27.0. The summed E-state index contributed by atoms with van der Waals surface area (Å²) in [5, 5.41) is 10.6. The number of fused-ring (bicyclic) bond motifs is 1. The van der Waals surface area contributed by atoms with Crippen molar-refractivity contribution < 1.29 is 29.0 Å². The number of rotatable bonds is 11. The van der Waals surface area contributed by atoms with Crippen LogP contribution >= 0.6 is 11.6 Å². The number of likely N-dealkylation sites (tertiary alicyclic amines) is 1. The summed E-state index contributed by atoms with van der Waals surface area (Å²) >= 11 is 6.48. The predicted molar refractivity (Wildman–Crippen MR) is 140 cm³/mol. The van der Waals surface area contributed by atoms with E-state index in [1.165, 1.54) is 15.9 Å². The largest absolute Gasteiger partial charge is 0.461 e. The van der Waals surface area contributed by atoms with E-state index in [0.29, 0.717) is 36.4 Å². The van der Waals surface area contributed by atoms with E-state index >= 15 is 0 Å². The fraction of sp³-hybridized carbons (Fsp3) is 0.536. The molecule has 3 heterocycles. The molecule has 0 aromatic heterocycles. The number of aliphatic hydroxyl groups is 1. The highest BCUT2D eigenvalue weighted by Crippen LogP contribution is 2.65. The molecule has 2 amide bonds. The van der Waals surface area contributed by atoms with Crippen molar-refractivity contribution in [2.24, 2.45) is 11.8 Å². The third-order valence-electron chi connectivity index (χ3n) is 8.25. The Balaban J connectivity index is 1.86. The molecule has 6 atom stereocenters. The van der Waals surface area contributed by atoms with Gasteiger partial charge in [0.25, 0.3) is 5.91 Å². The van der Waals surface area contributed by atoms with Gasteiger partial charge in [-0.3, -0.25) is 14.4 Å². The Kier molecular flexibility index (Phi) is 7.83. The number of ether oxygens (including phenoxy) is 2. The highest BCUT2D eigenvalue weighted by atomic mass is 35.5. The second-order valence-electron chi connectivity index (χ2n) is 9.93. The van der Waals surface area contributed by atoms with Crippen LogP contribution in [-0.2, 0) is 23.9 Å². The molecule has 9 heteroatoms. The summed E-state index contributed by atoms with van der Waals surface area (Å²) in [5.41, 5.74) is -1.65. The first-order valence-corrected chi connectivity index (χ1v) is 13.2. The molecule has 3 aliphatic rings. The predicted octanol–water partition coefficient (Wildman–Crippen LogP) is 3.51. The molecule has 0 radical (unpaired) electrons. The maximum atomic E-state index is 14.5. The Morgan fingerprint density at radius 3 is 2.62 bits per heavy atom. The van der Waals surface area contributed by atoms with Gasteiger partial charge in [0.1, 0.15) is 24.2 Å². The standard InChI is InChI=1S/C28H35ClN2O6/c1-5-15-30(20-12-10-9-11-19(20)29)25(34)23-28-14-13-27(8-4,37-28)22(26(35)36-16-6-2)21(28)24(33)31(23)18(7-3)17-32/h5-6,9-12,18,21-23,32H,1-2,7-8,13-17H2,3-4H3/t18-,21-,22+,23?,27-,28?/m0/s1. The molecule has 2 bridgehead atoms. The van der Waals surface area contributed by atoms with Gasteiger partial charge in [-0.15, -0.1) is 6.58 Å². The quantitative estimate of drug-likeness (QED) is 0.347. The van der Waals surface area contributed by atoms with E-state index < -0.39 is 41.1 Å². The molecule has 1 aromatic carbocycles. The zero-order valence-electron chi connectivity index (χ0n) is 21.4. The molecular weight excluding hydrogens is 496 g/mol. The van der Waals surface area contributed by atoms with Crippen LogP contribution in [0.15, 0.2) is 49.6 Å². The lowest BCUT2D eigenvalue weighted by Gasteiger charge is -2.39. The van der Waals surface area contributed by atoms with Gasteiger partial charge in [-0.1, -0.05) is 56.3 Å². The summed E-state index contributed by atoms with van der Waals surface area (Å²) in [6.45, 7) is 11.0. The summed E-state index contributed by atoms with van der Waals surface area (Å²) in [6.07, 6.45) is 4.93. The number of aliphatic hydroxyl groups excluding tert-OH is 1. The number of nitrogens with zero attached hydrogens (tertiary/aromatic N) is 2. The third-order valence-corrected chi connectivity index (χ3v) is 8.57. The molecule has 1 spiro atoms. The Labute approximate surface area is 222 Å². The van der Waals surface area contributed by atoms with Gasteiger partial charge in [-0.2, -0.15) is 0 Å². The molecule has 8 nitrogen and oxygen atoms in total. The smallest absolute Gasteiger partial charge is 0.313 e. The molecule has 0 aliphatic carbocycles. The molecule has 3 saturated heterocycles. The van der Waals surface area contributed by atoms with Crippen molar-refractivity contribution in [3.8, 4) is 0 Å². The van der Waals surface area contributed by atoms with Gasteiger partial charge in [0.05, 0.1) is 34.9 Å². The van der Waals surface area contributed by atoms with Gasteiger partial charge in [0.15, 0.2) is 0 Å². The lowest BCUT2D eigenvalue weighted by atomic mass is 9.65. The molecule has 0 saturated carbocycles. The van der Waals surface area contributed by atoms with Gasteiger partial charge in [-0.25, -0.2) is 0 Å². The monoisotopic (exact) mass is 530 g/mol. The maximum Gasteiger partial charge on any atom is 0.313 e. The number of amides is 2. The Morgan fingerprint density at radius 1 is 1.30 bits per heavy atom. The van der Waals surface area contributed by atoms with Crippen molar-refractivity contribution in [2.75, 3.05) is 24.7 Å². The van der Waals surface area contributed by atoms with Gasteiger partial charge < -0.3 is 24.4 Å². The number of benzene rings is 1. The minimum Gasteiger partial charge on any atom is -0.461 e. The van der Waals surface area contributed by atoms with E-state index in [1.54, 1.807) is 30.3 Å². The first-order valence-electron chi connectivity index (χ1n) is 12.8. The molecular formula is C28H35ClN2O6. The average molecular weight is 531 g/mol. The zero-order valence-corrected chi connectivity index (χ0v) is 22.2. The van der Waals surface area contributed by atoms with Crippen LogP contribution in [0.25, 0.3) is 0 Å². The second-order valence-corrected chi connectivity index (χ2v) is 10.3. The normalized spacial score (nSPS) is 30.6. The number of hydrogen-bond acceptors (Lipinski definition) is 6. The van der Waals surface area contributed by atoms with Crippen molar-refractivity contribution in [1.29, 1.82) is 0 Å². The molecule has 37 heavy (non-hydrogen) atoms. The Morgan fingerprint density at radius 2 is 2.03 bits per heavy atom. The van der Waals surface area contributed by atoms with Crippen LogP contribution in [-0.4, -0.2) is 70.8 Å². The highest BCUT2D eigenvalue weighted by Gasteiger charge is 2.79. The van der Waals surface area contributed by atoms with E-state index in [2.05, 4.69) is 13.2 Å². The van der Waals surface area contributed by atoms with Crippen LogP contribution in [0.1, 0.15) is 39.5 Å². The summed E-state index contributed by atoms with van der Waals surface area (Å²) in [4.78, 5) is 44.9. The number of esters is 1. The topological polar surface area (TPSA) is 96.4 Å². The van der Waals surface area contributed by atoms with E-state index in [9.17, 15) is 19.5 Å². The number of carbonyl (C=O) groups is 3. The first kappa shape index (κ1) is 27.4. The number of para-hydroxylation sites is 1.